The molecule has 2 rings (SSSR count). The zero-order chi connectivity index (χ0) is 20.0. The highest BCUT2D eigenvalue weighted by molar-refractivity contribution is 5.22. The smallest absolute Gasteiger partial charge is 0.0500 e. The Hall–Kier alpha value is -0.720. The van der Waals surface area contributed by atoms with Gasteiger partial charge in [-0.2, -0.15) is 0 Å². The number of rotatable bonds is 14. The molecule has 0 radical (unpaired) electrons. The van der Waals surface area contributed by atoms with Crippen LogP contribution in [0.4, 0.5) is 0 Å². The quantitative estimate of drug-likeness (QED) is 0.212. The van der Waals surface area contributed by atoms with Gasteiger partial charge in [0.25, 0.3) is 0 Å². The summed E-state index contributed by atoms with van der Waals surface area (Å²) in [6.07, 6.45) is 31.3. The molecule has 1 aliphatic heterocycles. The van der Waals surface area contributed by atoms with Gasteiger partial charge in [0.15, 0.2) is 0 Å². The molecule has 162 valence electrons. The van der Waals surface area contributed by atoms with Crippen molar-refractivity contribution >= 4 is 0 Å². The molecular weight excluding hydrogens is 338 g/mol. The van der Waals surface area contributed by atoms with Crippen LogP contribution in [-0.4, -0.2) is 17.0 Å². The van der Waals surface area contributed by atoms with E-state index >= 15 is 0 Å². The van der Waals surface area contributed by atoms with Gasteiger partial charge in [-0.25, -0.2) is 0 Å². The predicted octanol–water partition coefficient (Wildman–Crippen LogP) is 8.80. The summed E-state index contributed by atoms with van der Waals surface area (Å²) < 4.78 is 0. The fourth-order valence-electron chi connectivity index (χ4n) is 5.36. The molecule has 0 amide bonds. The van der Waals surface area contributed by atoms with Crippen LogP contribution in [0.2, 0.25) is 0 Å². The average Bonchev–Trinajstić information content (AvgIpc) is 2.72. The minimum absolute atomic E-state index is 0.690. The van der Waals surface area contributed by atoms with Crippen LogP contribution in [0.1, 0.15) is 130 Å². The Kier molecular flexibility index (Phi) is 12.0. The van der Waals surface area contributed by atoms with E-state index in [0.717, 1.165) is 12.0 Å². The van der Waals surface area contributed by atoms with Gasteiger partial charge in [0.05, 0.1) is 0 Å². The Morgan fingerprint density at radius 2 is 1.57 bits per heavy atom. The van der Waals surface area contributed by atoms with Crippen LogP contribution in [0.5, 0.6) is 0 Å². The molecule has 3 atom stereocenters. The average molecular weight is 388 g/mol. The first-order valence-corrected chi connectivity index (χ1v) is 13.0. The minimum atomic E-state index is 0.690. The Bertz CT molecular complexity index is 449. The Morgan fingerprint density at radius 3 is 2.36 bits per heavy atom. The third-order valence-corrected chi connectivity index (χ3v) is 7.03. The lowest BCUT2D eigenvalue weighted by Gasteiger charge is -2.48. The molecule has 0 aromatic rings. The second-order valence-corrected chi connectivity index (χ2v) is 9.41. The lowest BCUT2D eigenvalue weighted by molar-refractivity contribution is 0.120. The maximum absolute atomic E-state index is 2.86. The van der Waals surface area contributed by atoms with Crippen molar-refractivity contribution in [3.63, 3.8) is 0 Å². The minimum Gasteiger partial charge on any atom is -0.368 e. The highest BCUT2D eigenvalue weighted by Crippen LogP contribution is 2.40. The van der Waals surface area contributed by atoms with E-state index in [0.29, 0.717) is 6.04 Å². The summed E-state index contributed by atoms with van der Waals surface area (Å²) in [6.45, 7) is 6.97. The van der Waals surface area contributed by atoms with Crippen LogP contribution in [0.3, 0.4) is 0 Å². The van der Waals surface area contributed by atoms with E-state index in [1.54, 1.807) is 5.57 Å². The zero-order valence-electron chi connectivity index (χ0n) is 19.4. The fourth-order valence-corrected chi connectivity index (χ4v) is 5.36. The van der Waals surface area contributed by atoms with Gasteiger partial charge in [-0.05, 0) is 57.1 Å². The molecule has 0 aromatic carbocycles. The molecule has 0 spiro atoms. The van der Waals surface area contributed by atoms with Crippen LogP contribution >= 0.6 is 0 Å². The molecule has 1 heteroatoms. The SMILES string of the molecule is CCCCCC=CN1C(CCCCCC)C(CCCCC)=CC2CCCCC21. The van der Waals surface area contributed by atoms with Gasteiger partial charge in [-0.15, -0.1) is 0 Å². The van der Waals surface area contributed by atoms with Crippen molar-refractivity contribution < 1.29 is 0 Å². The van der Waals surface area contributed by atoms with E-state index in [9.17, 15) is 0 Å². The Balaban J connectivity index is 2.11. The van der Waals surface area contributed by atoms with Gasteiger partial charge < -0.3 is 4.90 Å². The Morgan fingerprint density at radius 1 is 0.857 bits per heavy atom. The van der Waals surface area contributed by atoms with E-state index < -0.39 is 0 Å². The number of nitrogens with zero attached hydrogens (tertiary/aromatic N) is 1. The number of hydrogen-bond donors (Lipinski definition) is 0. The first-order chi connectivity index (χ1) is 13.8. The molecule has 1 aliphatic carbocycles. The molecular formula is C27H49N. The first kappa shape index (κ1) is 23.6. The molecule has 0 aromatic heterocycles. The van der Waals surface area contributed by atoms with Crippen molar-refractivity contribution in [2.75, 3.05) is 0 Å². The van der Waals surface area contributed by atoms with Gasteiger partial charge in [0.1, 0.15) is 0 Å². The number of unbranched alkanes of at least 4 members (excludes halogenated alkanes) is 8. The lowest BCUT2D eigenvalue weighted by Crippen LogP contribution is -2.49. The molecule has 2 aliphatic rings. The van der Waals surface area contributed by atoms with Crippen LogP contribution < -0.4 is 0 Å². The number of hydrogen-bond acceptors (Lipinski definition) is 1. The largest absolute Gasteiger partial charge is 0.368 e. The van der Waals surface area contributed by atoms with Gasteiger partial charge >= 0.3 is 0 Å². The van der Waals surface area contributed by atoms with Crippen molar-refractivity contribution in [1.82, 2.24) is 4.90 Å². The molecule has 0 bridgehead atoms. The van der Waals surface area contributed by atoms with Gasteiger partial charge in [0.2, 0.25) is 0 Å². The van der Waals surface area contributed by atoms with E-state index in [1.807, 2.05) is 0 Å². The van der Waals surface area contributed by atoms with Crippen molar-refractivity contribution in [2.24, 2.45) is 5.92 Å². The summed E-state index contributed by atoms with van der Waals surface area (Å²) in [5.41, 5.74) is 1.80. The molecule has 1 nitrogen and oxygen atoms in total. The molecule has 28 heavy (non-hydrogen) atoms. The van der Waals surface area contributed by atoms with Crippen LogP contribution in [-0.2, 0) is 0 Å². The highest BCUT2D eigenvalue weighted by atomic mass is 15.2. The Labute approximate surface area is 177 Å². The maximum atomic E-state index is 2.86. The van der Waals surface area contributed by atoms with Gasteiger partial charge in [0, 0.05) is 12.1 Å². The summed E-state index contributed by atoms with van der Waals surface area (Å²) >= 11 is 0. The van der Waals surface area contributed by atoms with E-state index in [4.69, 9.17) is 0 Å². The molecule has 0 saturated heterocycles. The topological polar surface area (TPSA) is 3.24 Å². The second kappa shape index (κ2) is 14.3. The molecule has 3 unspecified atom stereocenters. The predicted molar refractivity (Wildman–Crippen MR) is 126 cm³/mol. The molecule has 1 fully saturated rings. The van der Waals surface area contributed by atoms with E-state index in [1.165, 1.54) is 109 Å². The zero-order valence-corrected chi connectivity index (χ0v) is 19.4. The highest BCUT2D eigenvalue weighted by Gasteiger charge is 2.36. The number of fused-ring (bicyclic) bond motifs is 1. The summed E-state index contributed by atoms with van der Waals surface area (Å²) in [4.78, 5) is 2.86. The van der Waals surface area contributed by atoms with Crippen molar-refractivity contribution in [1.29, 1.82) is 0 Å². The van der Waals surface area contributed by atoms with Crippen molar-refractivity contribution in [2.45, 2.75) is 142 Å². The monoisotopic (exact) mass is 387 g/mol. The number of allylic oxidation sites excluding steroid dienone is 1. The normalized spacial score (nSPS) is 25.2. The second-order valence-electron chi connectivity index (χ2n) is 9.41. The maximum Gasteiger partial charge on any atom is 0.0500 e. The van der Waals surface area contributed by atoms with Crippen LogP contribution in [0.15, 0.2) is 23.9 Å². The lowest BCUT2D eigenvalue weighted by atomic mass is 9.76. The third-order valence-electron chi connectivity index (χ3n) is 7.03. The third kappa shape index (κ3) is 7.60. The van der Waals surface area contributed by atoms with Crippen molar-refractivity contribution in [3.8, 4) is 0 Å². The van der Waals surface area contributed by atoms with E-state index in [-0.39, 0.29) is 0 Å². The van der Waals surface area contributed by atoms with Gasteiger partial charge in [-0.3, -0.25) is 0 Å². The summed E-state index contributed by atoms with van der Waals surface area (Å²) in [5, 5.41) is 0. The fraction of sp³-hybridized carbons (Fsp3) is 0.852. The summed E-state index contributed by atoms with van der Waals surface area (Å²) in [5.74, 6) is 0.817. The first-order valence-electron chi connectivity index (χ1n) is 13.0. The van der Waals surface area contributed by atoms with Crippen LogP contribution in [0.25, 0.3) is 0 Å². The van der Waals surface area contributed by atoms with Gasteiger partial charge in [-0.1, -0.05) is 103 Å². The van der Waals surface area contributed by atoms with Crippen LogP contribution in [0, 0.1) is 5.92 Å². The molecule has 0 N–H and O–H groups in total. The summed E-state index contributed by atoms with van der Waals surface area (Å²) in [7, 11) is 0. The standard InChI is InChI=1S/C27H49N/c1-4-7-10-12-17-22-28-26(20-14-11-8-5-2)24(18-13-9-6-3)23-25-19-15-16-21-27(25)28/h17,22-23,25-27H,4-16,18-21H2,1-3H3. The molecule has 1 saturated carbocycles. The summed E-state index contributed by atoms with van der Waals surface area (Å²) in [6, 6.07) is 1.47. The van der Waals surface area contributed by atoms with Crippen molar-refractivity contribution in [3.05, 3.63) is 23.9 Å². The van der Waals surface area contributed by atoms with E-state index in [2.05, 4.69) is 44.0 Å². The molecule has 1 heterocycles.